The Labute approximate surface area is 179 Å². The first-order valence-corrected chi connectivity index (χ1v) is 11.2. The van der Waals surface area contributed by atoms with E-state index in [9.17, 15) is 4.79 Å². The second-order valence-electron chi connectivity index (χ2n) is 8.78. The summed E-state index contributed by atoms with van der Waals surface area (Å²) in [7, 11) is 0. The zero-order valence-electron chi connectivity index (χ0n) is 17.4. The molecule has 0 spiro atoms. The van der Waals surface area contributed by atoms with Crippen molar-refractivity contribution in [3.05, 3.63) is 108 Å². The van der Waals surface area contributed by atoms with Crippen molar-refractivity contribution < 1.29 is 4.79 Å². The van der Waals surface area contributed by atoms with Crippen LogP contribution in [0.1, 0.15) is 41.9 Å². The van der Waals surface area contributed by atoms with E-state index < -0.39 is 0 Å². The first-order valence-electron chi connectivity index (χ1n) is 11.2. The van der Waals surface area contributed by atoms with Gasteiger partial charge in [-0.25, -0.2) is 0 Å². The van der Waals surface area contributed by atoms with Gasteiger partial charge in [0.25, 0.3) is 0 Å². The quantitative estimate of drug-likeness (QED) is 0.551. The number of hydrogen-bond acceptors (Lipinski definition) is 2. The van der Waals surface area contributed by atoms with Gasteiger partial charge >= 0.3 is 0 Å². The zero-order chi connectivity index (χ0) is 20.3. The van der Waals surface area contributed by atoms with Gasteiger partial charge < -0.3 is 0 Å². The van der Waals surface area contributed by atoms with Crippen LogP contribution in [0.4, 0.5) is 0 Å². The molecule has 0 saturated carbocycles. The van der Waals surface area contributed by atoms with E-state index in [2.05, 4.69) is 95.9 Å². The molecule has 6 rings (SSSR count). The molecule has 152 valence electrons. The summed E-state index contributed by atoms with van der Waals surface area (Å²) in [5.74, 6) is 0.771. The van der Waals surface area contributed by atoms with Crippen molar-refractivity contribution in [2.45, 2.75) is 43.7 Å². The fourth-order valence-corrected chi connectivity index (χ4v) is 5.59. The Kier molecular flexibility index (Phi) is 5.50. The van der Waals surface area contributed by atoms with E-state index in [1.165, 1.54) is 16.7 Å². The molecule has 3 fully saturated rings. The third kappa shape index (κ3) is 3.73. The average Bonchev–Trinajstić information content (AvgIpc) is 2.82. The molecule has 2 bridgehead atoms. The molecule has 30 heavy (non-hydrogen) atoms. The molecule has 3 saturated heterocycles. The van der Waals surface area contributed by atoms with Gasteiger partial charge in [-0.2, -0.15) is 0 Å². The summed E-state index contributed by atoms with van der Waals surface area (Å²) < 4.78 is 0. The highest BCUT2D eigenvalue weighted by Crippen LogP contribution is 2.43. The van der Waals surface area contributed by atoms with E-state index in [1.807, 2.05) is 0 Å². The molecule has 1 unspecified atom stereocenters. The van der Waals surface area contributed by atoms with Gasteiger partial charge in [-0.1, -0.05) is 91.0 Å². The first-order chi connectivity index (χ1) is 14.8. The van der Waals surface area contributed by atoms with E-state index in [0.29, 0.717) is 11.8 Å². The van der Waals surface area contributed by atoms with Crippen molar-refractivity contribution in [3.8, 4) is 0 Å². The lowest BCUT2D eigenvalue weighted by Gasteiger charge is -2.52. The van der Waals surface area contributed by atoms with Crippen molar-refractivity contribution in [2.75, 3.05) is 6.54 Å². The largest absolute Gasteiger partial charge is 0.298 e. The fraction of sp³-hybridized carbons (Fsp3) is 0.321. The molecule has 0 aromatic heterocycles. The highest BCUT2D eigenvalue weighted by molar-refractivity contribution is 5.89. The number of fused-ring (bicyclic) bond motifs is 3. The molecule has 2 heteroatoms. The van der Waals surface area contributed by atoms with Gasteiger partial charge in [0, 0.05) is 17.9 Å². The van der Waals surface area contributed by atoms with Crippen LogP contribution in [0.15, 0.2) is 91.0 Å². The molecular weight excluding hydrogens is 366 g/mol. The normalized spacial score (nSPS) is 25.6. The van der Waals surface area contributed by atoms with Crippen LogP contribution >= 0.6 is 0 Å². The third-order valence-electron chi connectivity index (χ3n) is 7.05. The molecule has 3 aliphatic heterocycles. The Hall–Kier alpha value is -2.71. The van der Waals surface area contributed by atoms with Crippen LogP contribution in [0.25, 0.3) is 0 Å². The van der Waals surface area contributed by atoms with Gasteiger partial charge in [0.05, 0.1) is 6.04 Å². The lowest BCUT2D eigenvalue weighted by atomic mass is 9.70. The zero-order valence-corrected chi connectivity index (χ0v) is 17.4. The highest BCUT2D eigenvalue weighted by Gasteiger charge is 2.49. The second-order valence-corrected chi connectivity index (χ2v) is 8.78. The van der Waals surface area contributed by atoms with E-state index in [-0.39, 0.29) is 17.9 Å². The summed E-state index contributed by atoms with van der Waals surface area (Å²) in [6.45, 7) is 1.04. The first kappa shape index (κ1) is 19.3. The van der Waals surface area contributed by atoms with Crippen molar-refractivity contribution in [3.63, 3.8) is 0 Å². The Balaban J connectivity index is 1.46. The number of ketones is 1. The third-order valence-corrected chi connectivity index (χ3v) is 7.05. The van der Waals surface area contributed by atoms with E-state index in [0.717, 1.165) is 32.2 Å². The number of carbonyl (C=O) groups is 1. The molecule has 3 heterocycles. The molecule has 0 aliphatic carbocycles. The Morgan fingerprint density at radius 3 is 1.97 bits per heavy atom. The van der Waals surface area contributed by atoms with Crippen LogP contribution in [0.3, 0.4) is 0 Å². The number of carbonyl (C=O) groups excluding carboxylic acids is 1. The number of Topliss-reactive ketones (excluding diaryl/α,β-unsaturated/α-hetero) is 1. The van der Waals surface area contributed by atoms with Crippen LogP contribution in [-0.4, -0.2) is 29.3 Å². The van der Waals surface area contributed by atoms with Crippen LogP contribution in [0, 0.1) is 5.92 Å². The van der Waals surface area contributed by atoms with Gasteiger partial charge in [0.2, 0.25) is 0 Å². The maximum absolute atomic E-state index is 13.6. The number of nitrogens with zero attached hydrogens (tertiary/aromatic N) is 1. The highest BCUT2D eigenvalue weighted by atomic mass is 16.1. The summed E-state index contributed by atoms with van der Waals surface area (Å²) in [5, 5.41) is 0. The number of hydrogen-bond donors (Lipinski definition) is 0. The molecule has 4 atom stereocenters. The van der Waals surface area contributed by atoms with Crippen molar-refractivity contribution >= 4 is 5.78 Å². The average molecular weight is 396 g/mol. The number of rotatable bonds is 6. The Morgan fingerprint density at radius 1 is 0.800 bits per heavy atom. The van der Waals surface area contributed by atoms with E-state index in [4.69, 9.17) is 0 Å². The predicted octanol–water partition coefficient (Wildman–Crippen LogP) is 5.48. The number of piperidine rings is 3. The predicted molar refractivity (Wildman–Crippen MR) is 122 cm³/mol. The van der Waals surface area contributed by atoms with Gasteiger partial charge in [-0.3, -0.25) is 9.69 Å². The van der Waals surface area contributed by atoms with Gasteiger partial charge in [0.15, 0.2) is 5.78 Å². The topological polar surface area (TPSA) is 20.3 Å². The smallest absolute Gasteiger partial charge is 0.154 e. The summed E-state index contributed by atoms with van der Waals surface area (Å²) in [4.78, 5) is 16.1. The maximum Gasteiger partial charge on any atom is 0.154 e. The Morgan fingerprint density at radius 2 is 1.37 bits per heavy atom. The molecule has 0 N–H and O–H groups in total. The van der Waals surface area contributed by atoms with Crippen LogP contribution < -0.4 is 0 Å². The monoisotopic (exact) mass is 395 g/mol. The SMILES string of the molecule is O=C1[C@@H]2CCN([C@H](CCc3ccccc3)C2)[C@H]1C(c1ccccc1)c1ccccc1. The summed E-state index contributed by atoms with van der Waals surface area (Å²) >= 11 is 0. The standard InChI is InChI=1S/C28H29NO/c30-28-24-18-19-29(25(20-24)17-16-21-10-4-1-5-11-21)27(28)26(22-12-6-2-7-13-22)23-14-8-3-9-15-23/h1-15,24-27H,16-20H2/t24-,25-,27+/m1/s1. The van der Waals surface area contributed by atoms with Crippen molar-refractivity contribution in [1.82, 2.24) is 4.90 Å². The molecule has 0 radical (unpaired) electrons. The fourth-order valence-electron chi connectivity index (χ4n) is 5.59. The maximum atomic E-state index is 13.6. The molecule has 3 aromatic rings. The van der Waals surface area contributed by atoms with Gasteiger partial charge in [0.1, 0.15) is 0 Å². The summed E-state index contributed by atoms with van der Waals surface area (Å²) in [5.41, 5.74) is 3.89. The summed E-state index contributed by atoms with van der Waals surface area (Å²) in [6.07, 6.45) is 4.25. The van der Waals surface area contributed by atoms with Crippen LogP contribution in [-0.2, 0) is 11.2 Å². The van der Waals surface area contributed by atoms with Crippen molar-refractivity contribution in [1.29, 1.82) is 0 Å². The lowest BCUT2D eigenvalue weighted by Crippen LogP contribution is -2.62. The molecule has 2 nitrogen and oxygen atoms in total. The molecule has 3 aromatic carbocycles. The van der Waals surface area contributed by atoms with Crippen LogP contribution in [0.2, 0.25) is 0 Å². The minimum Gasteiger partial charge on any atom is -0.298 e. The van der Waals surface area contributed by atoms with E-state index in [1.54, 1.807) is 0 Å². The van der Waals surface area contributed by atoms with E-state index >= 15 is 0 Å². The minimum atomic E-state index is -0.0527. The van der Waals surface area contributed by atoms with Gasteiger partial charge in [-0.05, 0) is 48.9 Å². The lowest BCUT2D eigenvalue weighted by molar-refractivity contribution is -0.142. The minimum absolute atomic E-state index is 0.0527. The van der Waals surface area contributed by atoms with Gasteiger partial charge in [-0.15, -0.1) is 0 Å². The van der Waals surface area contributed by atoms with Crippen molar-refractivity contribution in [2.24, 2.45) is 5.92 Å². The Bertz CT molecular complexity index is 930. The molecule has 0 amide bonds. The number of aryl methyl sites for hydroxylation is 1. The number of benzene rings is 3. The molecular formula is C28H29NO. The van der Waals surface area contributed by atoms with Crippen LogP contribution in [0.5, 0.6) is 0 Å². The molecule has 3 aliphatic rings. The summed E-state index contributed by atoms with van der Waals surface area (Å²) in [6, 6.07) is 32.4. The second kappa shape index (κ2) is 8.57.